The lowest BCUT2D eigenvalue weighted by Crippen LogP contribution is -2.41. The van der Waals surface area contributed by atoms with Crippen molar-refractivity contribution in [2.45, 2.75) is 12.1 Å². The summed E-state index contributed by atoms with van der Waals surface area (Å²) in [6.45, 7) is 3.82. The molecule has 1 aliphatic heterocycles. The third-order valence-corrected chi connectivity index (χ3v) is 4.22. The van der Waals surface area contributed by atoms with Gasteiger partial charge in [0.05, 0.1) is 12.2 Å². The lowest BCUT2D eigenvalue weighted by Gasteiger charge is -2.22. The van der Waals surface area contributed by atoms with Crippen LogP contribution in [0.3, 0.4) is 0 Å². The molecule has 4 nitrogen and oxygen atoms in total. The fourth-order valence-corrected chi connectivity index (χ4v) is 2.94. The molecule has 2 aromatic carbocycles. The quantitative estimate of drug-likeness (QED) is 0.694. The van der Waals surface area contributed by atoms with Crippen molar-refractivity contribution in [1.82, 2.24) is 0 Å². The van der Waals surface area contributed by atoms with Gasteiger partial charge in [-0.2, -0.15) is 0 Å². The Labute approximate surface area is 138 Å². The highest BCUT2D eigenvalue weighted by atomic mass is 35.5. The summed E-state index contributed by atoms with van der Waals surface area (Å²) in [6, 6.07) is 14.2. The van der Waals surface area contributed by atoms with Gasteiger partial charge in [0, 0.05) is 16.2 Å². The molecule has 0 radical (unpaired) electrons. The number of benzene rings is 2. The van der Waals surface area contributed by atoms with Crippen LogP contribution in [0.25, 0.3) is 0 Å². The van der Waals surface area contributed by atoms with Crippen molar-refractivity contribution < 1.29 is 14.7 Å². The van der Waals surface area contributed by atoms with E-state index in [1.54, 1.807) is 12.1 Å². The Morgan fingerprint density at radius 2 is 1.96 bits per heavy atom. The normalized spacial score (nSPS) is 19.6. The van der Waals surface area contributed by atoms with Gasteiger partial charge in [-0.05, 0) is 23.8 Å². The third-order valence-electron chi connectivity index (χ3n) is 3.98. The molecule has 0 saturated carbocycles. The Bertz CT molecular complexity index is 803. The van der Waals surface area contributed by atoms with Gasteiger partial charge in [0.25, 0.3) is 5.91 Å². The number of nitrogens with zero attached hydrogens (tertiary/aromatic N) is 1. The van der Waals surface area contributed by atoms with Gasteiger partial charge in [-0.15, -0.1) is 0 Å². The summed E-state index contributed by atoms with van der Waals surface area (Å²) in [5.41, 5.74) is -0.572. The Morgan fingerprint density at radius 3 is 2.61 bits per heavy atom. The number of amides is 1. The summed E-state index contributed by atoms with van der Waals surface area (Å²) in [4.78, 5) is 25.4. The Morgan fingerprint density at radius 1 is 1.26 bits per heavy atom. The van der Waals surface area contributed by atoms with Crippen molar-refractivity contribution in [2.75, 3.05) is 4.90 Å². The number of anilines is 1. The van der Waals surface area contributed by atoms with Crippen LogP contribution >= 0.6 is 11.6 Å². The van der Waals surface area contributed by atoms with Gasteiger partial charge < -0.3 is 10.0 Å². The van der Waals surface area contributed by atoms with E-state index in [4.69, 9.17) is 11.6 Å². The molecule has 3 rings (SSSR count). The minimum Gasteiger partial charge on any atom is -0.372 e. The van der Waals surface area contributed by atoms with Crippen molar-refractivity contribution in [2.24, 2.45) is 0 Å². The van der Waals surface area contributed by atoms with Crippen molar-refractivity contribution >= 4 is 29.5 Å². The number of hydrogen-bond donors (Lipinski definition) is 1. The van der Waals surface area contributed by atoms with Crippen LogP contribution in [0.1, 0.15) is 11.1 Å². The van der Waals surface area contributed by atoms with E-state index in [2.05, 4.69) is 6.58 Å². The summed E-state index contributed by atoms with van der Waals surface area (Å²) in [5.74, 6) is -0.601. The number of carbonyl (C=O) groups is 2. The first-order chi connectivity index (χ1) is 11.0. The second-order valence-electron chi connectivity index (χ2n) is 5.39. The van der Waals surface area contributed by atoms with Gasteiger partial charge in [0.1, 0.15) is 6.29 Å². The highest BCUT2D eigenvalue weighted by molar-refractivity contribution is 6.31. The Balaban J connectivity index is 2.12. The minimum absolute atomic E-state index is 0.207. The van der Waals surface area contributed by atoms with E-state index in [1.807, 2.05) is 30.3 Å². The van der Waals surface area contributed by atoms with Gasteiger partial charge >= 0.3 is 0 Å². The molecule has 1 aliphatic rings. The van der Waals surface area contributed by atoms with E-state index in [-0.39, 0.29) is 17.7 Å². The zero-order valence-corrected chi connectivity index (χ0v) is 13.0. The summed E-state index contributed by atoms with van der Waals surface area (Å²) in [7, 11) is 0. The van der Waals surface area contributed by atoms with Crippen LogP contribution in [-0.2, 0) is 21.7 Å². The van der Waals surface area contributed by atoms with Gasteiger partial charge in [-0.3, -0.25) is 9.59 Å². The molecule has 0 saturated heterocycles. The minimum atomic E-state index is -2.07. The van der Waals surface area contributed by atoms with Crippen LogP contribution in [0.2, 0.25) is 5.02 Å². The van der Waals surface area contributed by atoms with E-state index in [0.717, 1.165) is 5.56 Å². The number of rotatable bonds is 4. The number of halogens is 1. The molecule has 0 aromatic heterocycles. The average molecular weight is 328 g/mol. The molecule has 1 heterocycles. The van der Waals surface area contributed by atoms with Crippen molar-refractivity contribution in [3.05, 3.63) is 76.8 Å². The first-order valence-corrected chi connectivity index (χ1v) is 7.39. The van der Waals surface area contributed by atoms with E-state index in [9.17, 15) is 14.7 Å². The molecule has 0 fully saturated rings. The molecule has 0 spiro atoms. The topological polar surface area (TPSA) is 57.6 Å². The summed E-state index contributed by atoms with van der Waals surface area (Å²) >= 11 is 6.00. The largest absolute Gasteiger partial charge is 0.372 e. The van der Waals surface area contributed by atoms with E-state index in [1.165, 1.54) is 11.0 Å². The highest BCUT2D eigenvalue weighted by Gasteiger charge is 2.51. The molecule has 0 aliphatic carbocycles. The molecule has 1 atom stereocenters. The van der Waals surface area contributed by atoms with E-state index in [0.29, 0.717) is 17.0 Å². The predicted molar refractivity (Wildman–Crippen MR) is 88.2 cm³/mol. The maximum Gasteiger partial charge on any atom is 0.268 e. The lowest BCUT2D eigenvalue weighted by molar-refractivity contribution is -0.134. The van der Waals surface area contributed by atoms with Crippen molar-refractivity contribution in [1.29, 1.82) is 0 Å². The molecule has 0 bridgehead atoms. The average Bonchev–Trinajstić information content (AvgIpc) is 2.78. The summed E-state index contributed by atoms with van der Waals surface area (Å²) in [6.07, 6.45) is 0.397. The number of carbonyl (C=O) groups excluding carboxylic acids is 2. The molecule has 1 amide bonds. The van der Waals surface area contributed by atoms with E-state index >= 15 is 0 Å². The molecule has 5 heteroatoms. The molecular weight excluding hydrogens is 314 g/mol. The van der Waals surface area contributed by atoms with Crippen LogP contribution in [0, 0.1) is 0 Å². The van der Waals surface area contributed by atoms with Crippen molar-refractivity contribution in [3.63, 3.8) is 0 Å². The van der Waals surface area contributed by atoms with Crippen LogP contribution in [0.4, 0.5) is 5.69 Å². The van der Waals surface area contributed by atoms with Gasteiger partial charge in [0.2, 0.25) is 0 Å². The number of aldehydes is 1. The highest BCUT2D eigenvalue weighted by Crippen LogP contribution is 2.45. The van der Waals surface area contributed by atoms with Gasteiger partial charge in [-0.1, -0.05) is 48.5 Å². The van der Waals surface area contributed by atoms with Gasteiger partial charge in [-0.25, -0.2) is 0 Å². The maximum absolute atomic E-state index is 12.8. The monoisotopic (exact) mass is 327 g/mol. The summed E-state index contributed by atoms with van der Waals surface area (Å²) in [5, 5.41) is 11.2. The molecule has 2 aromatic rings. The summed E-state index contributed by atoms with van der Waals surface area (Å²) < 4.78 is 0. The van der Waals surface area contributed by atoms with Crippen molar-refractivity contribution in [3.8, 4) is 0 Å². The van der Waals surface area contributed by atoms with Crippen LogP contribution in [-0.4, -0.2) is 17.3 Å². The molecular formula is C18H14ClNO3. The van der Waals surface area contributed by atoms with E-state index < -0.39 is 11.5 Å². The standard InChI is InChI=1S/C18H14ClNO3/c1-12(11-21)18(23)15-9-14(19)7-8-16(15)20(17(18)22)10-13-5-3-2-4-6-13/h2-9,11,23H,1,10H2/t18-/m0/s1. The Hall–Kier alpha value is -2.43. The molecule has 116 valence electrons. The number of aliphatic hydroxyl groups is 1. The number of fused-ring (bicyclic) bond motifs is 1. The second kappa shape index (κ2) is 5.65. The fourth-order valence-electron chi connectivity index (χ4n) is 2.77. The first-order valence-electron chi connectivity index (χ1n) is 7.01. The zero-order valence-electron chi connectivity index (χ0n) is 12.2. The Kier molecular flexibility index (Phi) is 3.80. The number of hydrogen-bond acceptors (Lipinski definition) is 3. The fraction of sp³-hybridized carbons (Fsp3) is 0.111. The van der Waals surface area contributed by atoms with Crippen LogP contribution in [0.5, 0.6) is 0 Å². The smallest absolute Gasteiger partial charge is 0.268 e. The van der Waals surface area contributed by atoms with Crippen LogP contribution in [0.15, 0.2) is 60.7 Å². The molecule has 1 N–H and O–H groups in total. The maximum atomic E-state index is 12.8. The SMILES string of the molecule is C=C(C=O)[C@@]1(O)C(=O)N(Cc2ccccc2)c2ccc(Cl)cc21. The lowest BCUT2D eigenvalue weighted by atomic mass is 9.89. The van der Waals surface area contributed by atoms with Crippen LogP contribution < -0.4 is 4.90 Å². The second-order valence-corrected chi connectivity index (χ2v) is 5.83. The zero-order chi connectivity index (χ0) is 16.6. The molecule has 23 heavy (non-hydrogen) atoms. The third kappa shape index (κ3) is 2.36. The molecule has 0 unspecified atom stereocenters. The first kappa shape index (κ1) is 15.5. The predicted octanol–water partition coefficient (Wildman–Crippen LogP) is 2.83. The van der Waals surface area contributed by atoms with Gasteiger partial charge in [0.15, 0.2) is 5.60 Å².